The number of amides is 1. The number of likely N-dealkylation sites (tertiary alicyclic amines) is 1. The molecule has 0 aromatic heterocycles. The van der Waals surface area contributed by atoms with E-state index in [1.165, 1.54) is 40.1 Å². The van der Waals surface area contributed by atoms with Gasteiger partial charge in [0.05, 0.1) is 10.6 Å². The van der Waals surface area contributed by atoms with Crippen LogP contribution in [0.5, 0.6) is 5.75 Å². The summed E-state index contributed by atoms with van der Waals surface area (Å²) in [7, 11) is -4.16. The summed E-state index contributed by atoms with van der Waals surface area (Å²) >= 11 is 6.05. The smallest absolute Gasteiger partial charge is 0.406 e. The highest BCUT2D eigenvalue weighted by atomic mass is 35.5. The molecule has 0 N–H and O–H groups in total. The number of anilines is 2. The molecule has 2 aliphatic heterocycles. The van der Waals surface area contributed by atoms with Gasteiger partial charge in [-0.15, -0.1) is 13.2 Å². The third-order valence-corrected chi connectivity index (χ3v) is 6.96. The number of nitrogens with zero attached hydrogens (tertiary/aromatic N) is 2. The average molecular weight is 473 g/mol. The maximum atomic E-state index is 13.2. The van der Waals surface area contributed by atoms with Crippen molar-refractivity contribution in [3.8, 4) is 5.75 Å². The van der Waals surface area contributed by atoms with E-state index >= 15 is 0 Å². The molecule has 0 atom stereocenters. The molecule has 4 rings (SSSR count). The Kier molecular flexibility index (Phi) is 5.38. The summed E-state index contributed by atoms with van der Waals surface area (Å²) in [5.74, 6) is -1.13. The van der Waals surface area contributed by atoms with Gasteiger partial charge in [0.15, 0.2) is 4.91 Å². The van der Waals surface area contributed by atoms with Gasteiger partial charge in [0.25, 0.3) is 5.91 Å². The van der Waals surface area contributed by atoms with E-state index in [0.717, 1.165) is 31.2 Å². The van der Waals surface area contributed by atoms with Gasteiger partial charge in [-0.3, -0.25) is 4.79 Å². The third-order valence-electron chi connectivity index (χ3n) is 4.94. The minimum absolute atomic E-state index is 0.120. The molecule has 164 valence electrons. The molecule has 2 aromatic carbocycles. The Balaban J connectivity index is 1.85. The van der Waals surface area contributed by atoms with E-state index in [2.05, 4.69) is 4.74 Å². The molecule has 2 aromatic rings. The van der Waals surface area contributed by atoms with Crippen molar-refractivity contribution in [3.05, 3.63) is 58.6 Å². The van der Waals surface area contributed by atoms with Crippen LogP contribution in [0, 0.1) is 0 Å². The number of hydrogen-bond acceptors (Lipinski definition) is 5. The monoisotopic (exact) mass is 472 g/mol. The Bertz CT molecular complexity index is 1180. The highest BCUT2D eigenvalue weighted by Gasteiger charge is 2.38. The number of hydrogen-bond donors (Lipinski definition) is 0. The van der Waals surface area contributed by atoms with Gasteiger partial charge in [-0.25, -0.2) is 8.42 Å². The van der Waals surface area contributed by atoms with Crippen LogP contribution in [0.25, 0.3) is 0 Å². The number of fused-ring (bicyclic) bond motifs is 1. The summed E-state index contributed by atoms with van der Waals surface area (Å²) in [5, 5.41) is 0.226. The van der Waals surface area contributed by atoms with Crippen molar-refractivity contribution in [1.82, 2.24) is 4.90 Å². The number of sulfone groups is 1. The van der Waals surface area contributed by atoms with Gasteiger partial charge in [-0.2, -0.15) is 0 Å². The first kappa shape index (κ1) is 21.5. The fourth-order valence-corrected chi connectivity index (χ4v) is 5.26. The Morgan fingerprint density at radius 2 is 1.77 bits per heavy atom. The number of carbonyl (C=O) groups excluding carboxylic acids is 1. The lowest BCUT2D eigenvalue weighted by Crippen LogP contribution is -2.35. The van der Waals surface area contributed by atoms with Crippen molar-refractivity contribution in [3.63, 3.8) is 0 Å². The van der Waals surface area contributed by atoms with Gasteiger partial charge >= 0.3 is 6.36 Å². The minimum atomic E-state index is -4.89. The summed E-state index contributed by atoms with van der Waals surface area (Å²) in [6, 6.07) is 9.06. The number of benzene rings is 2. The van der Waals surface area contributed by atoms with E-state index in [4.69, 9.17) is 11.6 Å². The van der Waals surface area contributed by atoms with Gasteiger partial charge in [0, 0.05) is 36.1 Å². The van der Waals surface area contributed by atoms with Crippen LogP contribution in [0.15, 0.2) is 58.5 Å². The van der Waals surface area contributed by atoms with E-state index in [9.17, 15) is 26.4 Å². The summed E-state index contributed by atoms with van der Waals surface area (Å²) in [5.41, 5.74) is 0.293. The number of carbonyl (C=O) groups is 1. The molecular formula is C20H16ClF3N2O4S. The van der Waals surface area contributed by atoms with Crippen LogP contribution < -0.4 is 9.64 Å². The summed E-state index contributed by atoms with van der Waals surface area (Å²) < 4.78 is 68.3. The first-order valence-corrected chi connectivity index (χ1v) is 11.1. The van der Waals surface area contributed by atoms with E-state index < -0.39 is 32.8 Å². The molecule has 31 heavy (non-hydrogen) atoms. The third kappa shape index (κ3) is 4.22. The lowest BCUT2D eigenvalue weighted by molar-refractivity contribution is -0.274. The first-order valence-electron chi connectivity index (χ1n) is 9.27. The van der Waals surface area contributed by atoms with E-state index in [1.54, 1.807) is 0 Å². The summed E-state index contributed by atoms with van der Waals surface area (Å²) in [6.07, 6.45) is -2.23. The van der Waals surface area contributed by atoms with Crippen molar-refractivity contribution in [2.75, 3.05) is 18.0 Å². The zero-order chi connectivity index (χ0) is 22.4. The Morgan fingerprint density at radius 3 is 2.45 bits per heavy atom. The maximum absolute atomic E-state index is 13.2. The van der Waals surface area contributed by atoms with Crippen molar-refractivity contribution >= 4 is 38.7 Å². The molecule has 2 heterocycles. The normalized spacial score (nSPS) is 17.9. The van der Waals surface area contributed by atoms with Gasteiger partial charge in [0.2, 0.25) is 9.84 Å². The van der Waals surface area contributed by atoms with Gasteiger partial charge in [-0.1, -0.05) is 17.7 Å². The predicted octanol–water partition coefficient (Wildman–Crippen LogP) is 4.63. The average Bonchev–Trinajstić information content (AvgIpc) is 3.21. The maximum Gasteiger partial charge on any atom is 0.573 e. The largest absolute Gasteiger partial charge is 0.573 e. The molecule has 0 radical (unpaired) electrons. The van der Waals surface area contributed by atoms with E-state index in [-0.39, 0.29) is 21.3 Å². The summed E-state index contributed by atoms with van der Waals surface area (Å²) in [4.78, 5) is 15.1. The zero-order valence-electron chi connectivity index (χ0n) is 15.9. The van der Waals surface area contributed by atoms with Crippen LogP contribution in [-0.2, 0) is 14.6 Å². The quantitative estimate of drug-likeness (QED) is 0.651. The molecule has 6 nitrogen and oxygen atoms in total. The van der Waals surface area contributed by atoms with Crippen molar-refractivity contribution in [1.29, 1.82) is 0 Å². The van der Waals surface area contributed by atoms with E-state index in [1.807, 2.05) is 0 Å². The van der Waals surface area contributed by atoms with Gasteiger partial charge < -0.3 is 14.5 Å². The SMILES string of the molecule is O=C(C1=CN(c2cccc(OC(F)(F)F)c2)c2cc(Cl)ccc2S1(=O)=O)N1CCCC1. The van der Waals surface area contributed by atoms with Crippen LogP contribution in [0.4, 0.5) is 24.5 Å². The topological polar surface area (TPSA) is 66.9 Å². The lowest BCUT2D eigenvalue weighted by atomic mass is 10.2. The molecule has 0 bridgehead atoms. The standard InChI is InChI=1S/C20H16ClF3N2O4S/c21-13-6-7-17-16(10-13)26(14-4-3-5-15(11-14)30-20(22,23)24)12-18(31(17,28)29)19(27)25-8-1-2-9-25/h3-7,10-12H,1-2,8-9H2. The zero-order valence-corrected chi connectivity index (χ0v) is 17.5. The van der Waals surface area contributed by atoms with Crippen molar-refractivity contribution in [2.24, 2.45) is 0 Å². The highest BCUT2D eigenvalue weighted by Crippen LogP contribution is 2.42. The fourth-order valence-electron chi connectivity index (χ4n) is 3.57. The molecule has 0 saturated carbocycles. The molecule has 1 saturated heterocycles. The van der Waals surface area contributed by atoms with E-state index in [0.29, 0.717) is 13.1 Å². The molecule has 1 fully saturated rings. The van der Waals surface area contributed by atoms with Crippen LogP contribution in [-0.4, -0.2) is 38.7 Å². The summed E-state index contributed by atoms with van der Waals surface area (Å²) in [6.45, 7) is 0.877. The van der Waals surface area contributed by atoms with Gasteiger partial charge in [-0.05, 0) is 43.2 Å². The van der Waals surface area contributed by atoms with Crippen LogP contribution in [0.2, 0.25) is 5.02 Å². The predicted molar refractivity (Wildman–Crippen MR) is 108 cm³/mol. The number of halogens is 4. The van der Waals surface area contributed by atoms with Crippen LogP contribution in [0.3, 0.4) is 0 Å². The highest BCUT2D eigenvalue weighted by molar-refractivity contribution is 7.96. The second kappa shape index (κ2) is 7.76. The number of ether oxygens (including phenoxy) is 1. The second-order valence-electron chi connectivity index (χ2n) is 7.02. The van der Waals surface area contributed by atoms with Gasteiger partial charge in [0.1, 0.15) is 5.75 Å². The Morgan fingerprint density at radius 1 is 1.06 bits per heavy atom. The molecular weight excluding hydrogens is 457 g/mol. The molecule has 0 aliphatic carbocycles. The molecule has 0 spiro atoms. The molecule has 11 heteroatoms. The van der Waals surface area contributed by atoms with Crippen LogP contribution >= 0.6 is 11.6 Å². The first-order chi connectivity index (χ1) is 14.6. The number of alkyl halides is 3. The second-order valence-corrected chi connectivity index (χ2v) is 9.35. The van der Waals surface area contributed by atoms with Crippen molar-refractivity contribution in [2.45, 2.75) is 24.1 Å². The lowest BCUT2D eigenvalue weighted by Gasteiger charge is -2.30. The Labute approximate surface area is 181 Å². The van der Waals surface area contributed by atoms with Crippen LogP contribution in [0.1, 0.15) is 12.8 Å². The Hall–Kier alpha value is -2.72. The molecule has 0 unspecified atom stereocenters. The fraction of sp³-hybridized carbons (Fsp3) is 0.250. The molecule has 1 amide bonds. The number of rotatable bonds is 3. The minimum Gasteiger partial charge on any atom is -0.406 e. The van der Waals surface area contributed by atoms with Crippen molar-refractivity contribution < 1.29 is 31.1 Å². The molecule has 2 aliphatic rings.